The maximum absolute atomic E-state index is 9.81. The first-order valence-corrected chi connectivity index (χ1v) is 10.4. The Morgan fingerprint density at radius 1 is 0.920 bits per heavy atom. The minimum absolute atomic E-state index is 0.255. The average molecular weight is 353 g/mol. The summed E-state index contributed by atoms with van der Waals surface area (Å²) in [6.07, 6.45) is 4.47. The molecule has 0 fully saturated rings. The highest BCUT2D eigenvalue weighted by atomic mass is 16.1. The molecule has 1 nitrogen and oxygen atoms in total. The topological polar surface area (TPSA) is 17.1 Å². The Kier molecular flexibility index (Phi) is 31.8. The van der Waals surface area contributed by atoms with Crippen LogP contribution in [0.1, 0.15) is 105 Å². The van der Waals surface area contributed by atoms with E-state index in [-0.39, 0.29) is 5.78 Å². The maximum Gasteiger partial charge on any atom is 0.129 e. The van der Waals surface area contributed by atoms with Crippen LogP contribution in [0.3, 0.4) is 0 Å². The summed E-state index contributed by atoms with van der Waals surface area (Å²) in [5.74, 6) is 1.19. The molecular weight excluding hydrogens is 304 g/mol. The highest BCUT2D eigenvalue weighted by Gasteiger charge is 1.93. The third kappa shape index (κ3) is 25.2. The van der Waals surface area contributed by atoms with Crippen molar-refractivity contribution in [1.82, 2.24) is 0 Å². The van der Waals surface area contributed by atoms with E-state index in [2.05, 4.69) is 59.7 Å². The second-order valence-electron chi connectivity index (χ2n) is 5.76. The van der Waals surface area contributed by atoms with Gasteiger partial charge < -0.3 is 4.79 Å². The summed E-state index contributed by atoms with van der Waals surface area (Å²) < 4.78 is 0. The summed E-state index contributed by atoms with van der Waals surface area (Å²) in [5.41, 5.74) is 4.25. The molecule has 1 heteroatoms. The molecule has 0 aromatic heterocycles. The molecule has 0 radical (unpaired) electrons. The van der Waals surface area contributed by atoms with Crippen LogP contribution in [0.15, 0.2) is 18.2 Å². The smallest absolute Gasteiger partial charge is 0.129 e. The summed E-state index contributed by atoms with van der Waals surface area (Å²) in [7, 11) is 0. The number of hydrogen-bond acceptors (Lipinski definition) is 1. The van der Waals surface area contributed by atoms with Gasteiger partial charge in [-0.1, -0.05) is 98.9 Å². The minimum atomic E-state index is 0.255. The van der Waals surface area contributed by atoms with Gasteiger partial charge in [0.25, 0.3) is 0 Å². The van der Waals surface area contributed by atoms with E-state index < -0.39 is 0 Å². The van der Waals surface area contributed by atoms with Gasteiger partial charge in [0.15, 0.2) is 0 Å². The summed E-state index contributed by atoms with van der Waals surface area (Å²) >= 11 is 0. The van der Waals surface area contributed by atoms with E-state index in [4.69, 9.17) is 0 Å². The van der Waals surface area contributed by atoms with Gasteiger partial charge in [0, 0.05) is 6.42 Å². The van der Waals surface area contributed by atoms with Crippen molar-refractivity contribution in [1.29, 1.82) is 0 Å². The summed E-state index contributed by atoms with van der Waals surface area (Å²) in [6, 6.07) is 6.61. The van der Waals surface area contributed by atoms with Crippen molar-refractivity contribution in [3.63, 3.8) is 0 Å². The normalized spacial score (nSPS) is 8.36. The zero-order valence-corrected chi connectivity index (χ0v) is 19.5. The van der Waals surface area contributed by atoms with Crippen molar-refractivity contribution >= 4 is 5.78 Å². The maximum atomic E-state index is 9.81. The summed E-state index contributed by atoms with van der Waals surface area (Å²) in [6.45, 7) is 24.7. The van der Waals surface area contributed by atoms with Crippen LogP contribution in [-0.2, 0) is 11.2 Å². The van der Waals surface area contributed by atoms with Crippen molar-refractivity contribution in [2.75, 3.05) is 0 Å². The molecule has 1 aromatic carbocycles. The molecular formula is C24H48O. The largest absolute Gasteiger partial charge is 0.300 e. The molecule has 0 unspecified atom stereocenters. The second kappa shape index (κ2) is 25.1. The van der Waals surface area contributed by atoms with E-state index in [0.717, 1.165) is 12.3 Å². The number of aryl methyl sites for hydroxylation is 3. The summed E-state index contributed by atoms with van der Waals surface area (Å²) in [5, 5.41) is 0. The molecule has 0 amide bonds. The number of benzene rings is 1. The molecule has 0 atom stereocenters. The molecule has 1 rings (SSSR count). The average Bonchev–Trinajstić information content (AvgIpc) is 2.67. The molecule has 0 saturated heterocycles. The number of hydrogen-bond donors (Lipinski definition) is 0. The van der Waals surface area contributed by atoms with Crippen molar-refractivity contribution in [3.8, 4) is 0 Å². The van der Waals surface area contributed by atoms with Crippen LogP contribution in [0.4, 0.5) is 0 Å². The fourth-order valence-corrected chi connectivity index (χ4v) is 1.47. The quantitative estimate of drug-likeness (QED) is 0.532. The van der Waals surface area contributed by atoms with Crippen LogP contribution in [0.5, 0.6) is 0 Å². The van der Waals surface area contributed by atoms with Crippen LogP contribution in [0.2, 0.25) is 0 Å². The lowest BCUT2D eigenvalue weighted by atomic mass is 10.0. The molecule has 25 heavy (non-hydrogen) atoms. The molecule has 0 N–H and O–H groups in total. The summed E-state index contributed by atoms with van der Waals surface area (Å²) in [4.78, 5) is 9.81. The molecule has 0 aliphatic heterocycles. The number of Topliss-reactive ketones (excluding diaryl/α,β-unsaturated/α-hetero) is 1. The molecule has 0 spiro atoms. The highest BCUT2D eigenvalue weighted by molar-refractivity contribution is 5.74. The van der Waals surface area contributed by atoms with E-state index in [1.165, 1.54) is 29.5 Å². The molecule has 0 bridgehead atoms. The van der Waals surface area contributed by atoms with Gasteiger partial charge in [-0.25, -0.2) is 0 Å². The van der Waals surface area contributed by atoms with Crippen molar-refractivity contribution in [3.05, 3.63) is 34.9 Å². The van der Waals surface area contributed by atoms with Gasteiger partial charge in [0.05, 0.1) is 0 Å². The molecule has 150 valence electrons. The number of rotatable bonds is 4. The lowest BCUT2D eigenvalue weighted by Crippen LogP contribution is -1.86. The van der Waals surface area contributed by atoms with E-state index in [9.17, 15) is 4.79 Å². The highest BCUT2D eigenvalue weighted by Crippen LogP contribution is 2.10. The van der Waals surface area contributed by atoms with Crippen LogP contribution < -0.4 is 0 Å². The molecule has 0 heterocycles. The van der Waals surface area contributed by atoms with E-state index in [0.29, 0.717) is 6.42 Å². The fraction of sp³-hybridized carbons (Fsp3) is 0.708. The molecule has 0 aliphatic carbocycles. The van der Waals surface area contributed by atoms with Crippen LogP contribution in [-0.4, -0.2) is 5.78 Å². The number of carbonyl (C=O) groups is 1. The number of carbonyl (C=O) groups excluding carboxylic acids is 1. The first-order valence-electron chi connectivity index (χ1n) is 10.4. The van der Waals surface area contributed by atoms with Gasteiger partial charge in [0.2, 0.25) is 0 Å². The molecule has 0 saturated carbocycles. The fourth-order valence-electron chi connectivity index (χ4n) is 1.47. The van der Waals surface area contributed by atoms with Gasteiger partial charge in [-0.2, -0.15) is 0 Å². The predicted molar refractivity (Wildman–Crippen MR) is 119 cm³/mol. The predicted octanol–water partition coefficient (Wildman–Crippen LogP) is 8.35. The Morgan fingerprint density at radius 2 is 1.32 bits per heavy atom. The Labute approximate surface area is 160 Å². The Balaban J connectivity index is -0.000000128. The third-order valence-corrected chi connectivity index (χ3v) is 3.78. The van der Waals surface area contributed by atoms with E-state index in [1.807, 2.05) is 34.6 Å². The monoisotopic (exact) mass is 352 g/mol. The van der Waals surface area contributed by atoms with Crippen LogP contribution in [0.25, 0.3) is 0 Å². The molecule has 0 aliphatic rings. The van der Waals surface area contributed by atoms with Gasteiger partial charge in [0.1, 0.15) is 5.78 Å². The Bertz CT molecular complexity index is 376. The van der Waals surface area contributed by atoms with Crippen molar-refractivity contribution in [2.24, 2.45) is 5.92 Å². The Morgan fingerprint density at radius 3 is 1.52 bits per heavy atom. The zero-order chi connectivity index (χ0) is 20.8. The van der Waals surface area contributed by atoms with E-state index >= 15 is 0 Å². The Hall–Kier alpha value is -1.11. The zero-order valence-electron chi connectivity index (χ0n) is 19.5. The van der Waals surface area contributed by atoms with E-state index in [1.54, 1.807) is 6.92 Å². The minimum Gasteiger partial charge on any atom is -0.300 e. The first-order chi connectivity index (χ1) is 11.8. The lowest BCUT2D eigenvalue weighted by molar-refractivity contribution is -0.116. The van der Waals surface area contributed by atoms with Gasteiger partial charge in [-0.05, 0) is 44.2 Å². The van der Waals surface area contributed by atoms with Gasteiger partial charge >= 0.3 is 0 Å². The number of ketones is 1. The van der Waals surface area contributed by atoms with Gasteiger partial charge in [-0.15, -0.1) is 0 Å². The third-order valence-electron chi connectivity index (χ3n) is 3.78. The first kappa shape index (κ1) is 31.6. The van der Waals surface area contributed by atoms with Crippen molar-refractivity contribution < 1.29 is 4.79 Å². The lowest BCUT2D eigenvalue weighted by Gasteiger charge is -2.02. The molecule has 1 aromatic rings. The second-order valence-corrected chi connectivity index (χ2v) is 5.76. The standard InChI is InChI=1S/C10H14.C6H14.C4H8O.2C2H6/c1-4-10-7-8(2)5-6-9(10)3;1-4-6(3)5-2;1-3-4(2)5;2*1-2/h5-7H,4H2,1-3H3;6H,4-5H2,1-3H3;3H2,1-2H3;2*1-2H3. The SMILES string of the molecule is CC.CC.CCC(C)=O.CCC(C)CC.CCc1cc(C)ccc1C. The van der Waals surface area contributed by atoms with Crippen molar-refractivity contribution in [2.45, 2.75) is 109 Å². The van der Waals surface area contributed by atoms with Gasteiger partial charge in [-0.3, -0.25) is 0 Å². The van der Waals surface area contributed by atoms with Crippen LogP contribution in [0, 0.1) is 19.8 Å². The van der Waals surface area contributed by atoms with Crippen LogP contribution >= 0.6 is 0 Å².